The topological polar surface area (TPSA) is 126 Å². The van der Waals surface area contributed by atoms with E-state index in [4.69, 9.17) is 15.0 Å². The minimum Gasteiger partial charge on any atom is -0.457 e. The lowest BCUT2D eigenvalue weighted by atomic mass is 9.72. The molecule has 0 aromatic carbocycles. The van der Waals surface area contributed by atoms with Crippen LogP contribution in [0.3, 0.4) is 0 Å². The molecule has 1 rings (SSSR count). The van der Waals surface area contributed by atoms with Crippen LogP contribution in [0, 0.1) is 5.41 Å². The fourth-order valence-corrected chi connectivity index (χ4v) is 2.80. The summed E-state index contributed by atoms with van der Waals surface area (Å²) in [4.78, 5) is 53.7. The van der Waals surface area contributed by atoms with Gasteiger partial charge in [0.15, 0.2) is 0 Å². The molecule has 2 amide bonds. The normalized spacial score (nSPS) is 20.2. The summed E-state index contributed by atoms with van der Waals surface area (Å²) in [5, 5.41) is 0. The molecule has 0 bridgehead atoms. The van der Waals surface area contributed by atoms with Gasteiger partial charge in [0.1, 0.15) is 11.0 Å². The summed E-state index contributed by atoms with van der Waals surface area (Å²) in [6, 6.07) is 0. The zero-order chi connectivity index (χ0) is 20.1. The molecule has 1 saturated heterocycles. The van der Waals surface area contributed by atoms with Crippen LogP contribution in [0.15, 0.2) is 0 Å². The number of hydrogen-bond donors (Lipinski definition) is 0. The lowest BCUT2D eigenvalue weighted by molar-refractivity contribution is -0.153. The number of ether oxygens (including phenoxy) is 2. The van der Waals surface area contributed by atoms with Gasteiger partial charge >= 0.3 is 17.8 Å². The molecule has 9 nitrogen and oxygen atoms in total. The van der Waals surface area contributed by atoms with Gasteiger partial charge in [-0.05, 0) is 47.0 Å². The van der Waals surface area contributed by atoms with E-state index in [9.17, 15) is 19.2 Å². The molecule has 26 heavy (non-hydrogen) atoms. The highest BCUT2D eigenvalue weighted by Gasteiger charge is 2.56. The standard InChI is InChI=1S/C17H25N3O6/c1-6-17(12(21)11(19-18)13(22)25-7-2)9-8-10-20(14(17)23)15(24)26-16(3,4)5/h6-10H2,1-5H3/t17-/m1/s1. The predicted molar refractivity (Wildman–Crippen MR) is 90.2 cm³/mol. The number of nitrogens with zero attached hydrogens (tertiary/aromatic N) is 3. The number of carbonyl (C=O) groups excluding carboxylic acids is 4. The highest BCUT2D eigenvalue weighted by atomic mass is 16.6. The monoisotopic (exact) mass is 367 g/mol. The SMILES string of the molecule is CCOC(=O)C(=[N+]=[N-])C(=O)[C@@]1(CC)CCCN(C(=O)OC(C)(C)C)C1=O. The quantitative estimate of drug-likeness (QED) is 0.239. The van der Waals surface area contributed by atoms with Gasteiger partial charge in [-0.25, -0.2) is 14.5 Å². The van der Waals surface area contributed by atoms with Crippen molar-refractivity contribution in [3.8, 4) is 0 Å². The molecule has 0 saturated carbocycles. The molecule has 1 heterocycles. The highest BCUT2D eigenvalue weighted by Crippen LogP contribution is 2.36. The average molecular weight is 367 g/mol. The minimum atomic E-state index is -1.68. The van der Waals surface area contributed by atoms with Gasteiger partial charge in [0.25, 0.3) is 5.78 Å². The van der Waals surface area contributed by atoms with Crippen molar-refractivity contribution in [2.75, 3.05) is 13.2 Å². The second kappa shape index (κ2) is 8.23. The Bertz CT molecular complexity index is 660. The molecule has 0 aromatic heterocycles. The number of rotatable bonds is 5. The van der Waals surface area contributed by atoms with Crippen molar-refractivity contribution in [2.24, 2.45) is 5.41 Å². The van der Waals surface area contributed by atoms with Crippen LogP contribution in [0.4, 0.5) is 4.79 Å². The Morgan fingerprint density at radius 2 is 1.88 bits per heavy atom. The number of piperidine rings is 1. The van der Waals surface area contributed by atoms with Crippen LogP contribution in [-0.4, -0.2) is 57.9 Å². The first-order valence-electron chi connectivity index (χ1n) is 8.53. The summed E-state index contributed by atoms with van der Waals surface area (Å²) in [7, 11) is 0. The van der Waals surface area contributed by atoms with E-state index in [-0.39, 0.29) is 26.0 Å². The van der Waals surface area contributed by atoms with Gasteiger partial charge in [0.05, 0.1) is 6.61 Å². The van der Waals surface area contributed by atoms with Gasteiger partial charge in [-0.2, -0.15) is 4.79 Å². The lowest BCUT2D eigenvalue weighted by Gasteiger charge is -2.38. The summed E-state index contributed by atoms with van der Waals surface area (Å²) in [5.41, 5.74) is 5.76. The molecule has 0 aliphatic carbocycles. The number of Topliss-reactive ketones (excluding diaryl/α,β-unsaturated/α-hetero) is 1. The first kappa shape index (κ1) is 21.5. The van der Waals surface area contributed by atoms with Crippen molar-refractivity contribution in [2.45, 2.75) is 59.5 Å². The van der Waals surface area contributed by atoms with Crippen molar-refractivity contribution in [1.29, 1.82) is 0 Å². The van der Waals surface area contributed by atoms with Gasteiger partial charge in [-0.1, -0.05) is 6.92 Å². The number of likely N-dealkylation sites (tertiary alicyclic amines) is 1. The first-order valence-corrected chi connectivity index (χ1v) is 8.53. The van der Waals surface area contributed by atoms with E-state index in [1.54, 1.807) is 27.7 Å². The Morgan fingerprint density at radius 1 is 1.27 bits per heavy atom. The predicted octanol–water partition coefficient (Wildman–Crippen LogP) is 1.74. The maximum atomic E-state index is 13.0. The lowest BCUT2D eigenvalue weighted by Crippen LogP contribution is -2.57. The largest absolute Gasteiger partial charge is 0.457 e. The third-order valence-corrected chi connectivity index (χ3v) is 4.08. The van der Waals surface area contributed by atoms with Crippen LogP contribution >= 0.6 is 0 Å². The first-order chi connectivity index (χ1) is 12.0. The summed E-state index contributed by atoms with van der Waals surface area (Å²) < 4.78 is 9.93. The van der Waals surface area contributed by atoms with Gasteiger partial charge in [-0.15, -0.1) is 0 Å². The molecular weight excluding hydrogens is 342 g/mol. The number of esters is 1. The fraction of sp³-hybridized carbons (Fsp3) is 0.706. The number of ketones is 1. The Morgan fingerprint density at radius 3 is 2.35 bits per heavy atom. The Balaban J connectivity index is 3.22. The van der Waals surface area contributed by atoms with Crippen LogP contribution in [0.2, 0.25) is 0 Å². The molecule has 0 aromatic rings. The third kappa shape index (κ3) is 4.35. The molecule has 144 valence electrons. The molecule has 0 N–H and O–H groups in total. The Kier molecular flexibility index (Phi) is 6.80. The summed E-state index contributed by atoms with van der Waals surface area (Å²) in [6.07, 6.45) is -0.348. The number of amides is 2. The molecule has 1 atom stereocenters. The zero-order valence-corrected chi connectivity index (χ0v) is 15.8. The van der Waals surface area contributed by atoms with Crippen LogP contribution < -0.4 is 0 Å². The second-order valence-corrected chi connectivity index (χ2v) is 6.97. The van der Waals surface area contributed by atoms with E-state index in [2.05, 4.69) is 4.79 Å². The third-order valence-electron chi connectivity index (χ3n) is 4.08. The second-order valence-electron chi connectivity index (χ2n) is 6.97. The van der Waals surface area contributed by atoms with E-state index in [0.29, 0.717) is 6.42 Å². The Labute approximate surface area is 152 Å². The van der Waals surface area contributed by atoms with E-state index in [0.717, 1.165) is 4.90 Å². The molecule has 0 unspecified atom stereocenters. The van der Waals surface area contributed by atoms with Crippen LogP contribution in [0.5, 0.6) is 0 Å². The summed E-state index contributed by atoms with van der Waals surface area (Å²) in [6.45, 7) is 8.19. The maximum absolute atomic E-state index is 13.0. The van der Waals surface area contributed by atoms with Gasteiger partial charge in [0, 0.05) is 6.54 Å². The zero-order valence-electron chi connectivity index (χ0n) is 15.8. The van der Waals surface area contributed by atoms with E-state index in [1.165, 1.54) is 6.92 Å². The number of hydrogen-bond acceptors (Lipinski definition) is 6. The molecule has 0 radical (unpaired) electrons. The Hall–Kier alpha value is -2.54. The van der Waals surface area contributed by atoms with Gasteiger partial charge in [-0.3, -0.25) is 9.59 Å². The maximum Gasteiger partial charge on any atom is 0.442 e. The van der Waals surface area contributed by atoms with Crippen molar-refractivity contribution in [3.63, 3.8) is 0 Å². The molecule has 9 heteroatoms. The molecule has 1 fully saturated rings. The molecular formula is C17H25N3O6. The molecule has 1 aliphatic rings. The average Bonchev–Trinajstić information content (AvgIpc) is 2.54. The smallest absolute Gasteiger partial charge is 0.442 e. The summed E-state index contributed by atoms with van der Waals surface area (Å²) in [5.74, 6) is -2.84. The van der Waals surface area contributed by atoms with Gasteiger partial charge < -0.3 is 15.0 Å². The van der Waals surface area contributed by atoms with E-state index < -0.39 is 40.5 Å². The summed E-state index contributed by atoms with van der Waals surface area (Å²) >= 11 is 0. The van der Waals surface area contributed by atoms with Crippen molar-refractivity contribution in [1.82, 2.24) is 4.90 Å². The molecule has 0 spiro atoms. The number of imide groups is 1. The van der Waals surface area contributed by atoms with Crippen LogP contribution in [0.25, 0.3) is 5.53 Å². The van der Waals surface area contributed by atoms with Crippen molar-refractivity contribution in [3.05, 3.63) is 5.53 Å². The highest BCUT2D eigenvalue weighted by molar-refractivity contribution is 6.64. The van der Waals surface area contributed by atoms with E-state index >= 15 is 0 Å². The van der Waals surface area contributed by atoms with Crippen LogP contribution in [0.1, 0.15) is 53.9 Å². The van der Waals surface area contributed by atoms with Crippen molar-refractivity contribution < 1.29 is 33.4 Å². The van der Waals surface area contributed by atoms with E-state index in [1.807, 2.05) is 0 Å². The van der Waals surface area contributed by atoms with Crippen molar-refractivity contribution >= 4 is 29.5 Å². The fourth-order valence-electron chi connectivity index (χ4n) is 2.80. The van der Waals surface area contributed by atoms with Crippen LogP contribution in [-0.2, 0) is 23.9 Å². The minimum absolute atomic E-state index is 0.0256. The number of carbonyl (C=O) groups is 4. The molecule has 1 aliphatic heterocycles. The van der Waals surface area contributed by atoms with Gasteiger partial charge in [0.2, 0.25) is 5.91 Å².